The quantitative estimate of drug-likeness (QED) is 0.166. The zero-order chi connectivity index (χ0) is 35.0. The van der Waals surface area contributed by atoms with Crippen LogP contribution in [-0.4, -0.2) is 19.9 Å². The SMILES string of the molecule is Cc1cc(C)c2ccc3ccc(-c4ccc(-c5ccc(-c6nc(-c7ccccc7)cc(-c7ccc(-c8ccccc8)cc7)n6)cc5)cc4)nc3c2n1. The van der Waals surface area contributed by atoms with Crippen LogP contribution in [0.1, 0.15) is 11.3 Å². The van der Waals surface area contributed by atoms with Crippen LogP contribution < -0.4 is 0 Å². The van der Waals surface area contributed by atoms with E-state index in [0.717, 1.165) is 78.0 Å². The minimum atomic E-state index is 0.695. The van der Waals surface area contributed by atoms with Gasteiger partial charge in [-0.3, -0.25) is 4.98 Å². The summed E-state index contributed by atoms with van der Waals surface area (Å²) in [5.41, 5.74) is 15.6. The molecule has 0 atom stereocenters. The van der Waals surface area contributed by atoms with Gasteiger partial charge < -0.3 is 0 Å². The minimum Gasteiger partial charge on any atom is -0.251 e. The van der Waals surface area contributed by atoms with Gasteiger partial charge in [0.2, 0.25) is 0 Å². The largest absolute Gasteiger partial charge is 0.251 e. The number of aryl methyl sites for hydroxylation is 2. The number of aromatic nitrogens is 4. The van der Waals surface area contributed by atoms with Gasteiger partial charge in [0.05, 0.1) is 28.1 Å². The summed E-state index contributed by atoms with van der Waals surface area (Å²) in [5, 5.41) is 2.24. The highest BCUT2D eigenvalue weighted by Gasteiger charge is 2.13. The zero-order valence-corrected chi connectivity index (χ0v) is 29.0. The lowest BCUT2D eigenvalue weighted by atomic mass is 10.00. The van der Waals surface area contributed by atoms with Crippen LogP contribution in [0.5, 0.6) is 0 Å². The third-order valence-corrected chi connectivity index (χ3v) is 9.71. The van der Waals surface area contributed by atoms with Gasteiger partial charge >= 0.3 is 0 Å². The number of fused-ring (bicyclic) bond motifs is 3. The molecule has 9 rings (SSSR count). The van der Waals surface area contributed by atoms with E-state index in [1.807, 2.05) is 31.2 Å². The van der Waals surface area contributed by atoms with Crippen molar-refractivity contribution in [3.63, 3.8) is 0 Å². The van der Waals surface area contributed by atoms with Crippen LogP contribution in [0.25, 0.3) is 89.2 Å². The first-order valence-corrected chi connectivity index (χ1v) is 17.6. The fourth-order valence-electron chi connectivity index (χ4n) is 6.96. The molecule has 0 saturated heterocycles. The average Bonchev–Trinajstić information content (AvgIpc) is 3.21. The van der Waals surface area contributed by atoms with Gasteiger partial charge in [0.1, 0.15) is 0 Å². The third-order valence-electron chi connectivity index (χ3n) is 9.71. The van der Waals surface area contributed by atoms with E-state index in [-0.39, 0.29) is 0 Å². The van der Waals surface area contributed by atoms with E-state index in [1.54, 1.807) is 0 Å². The lowest BCUT2D eigenvalue weighted by Crippen LogP contribution is -1.96. The molecule has 0 spiro atoms. The number of benzene rings is 6. The molecule has 9 aromatic rings. The van der Waals surface area contributed by atoms with E-state index < -0.39 is 0 Å². The smallest absolute Gasteiger partial charge is 0.160 e. The van der Waals surface area contributed by atoms with Crippen molar-refractivity contribution in [2.75, 3.05) is 0 Å². The lowest BCUT2D eigenvalue weighted by Gasteiger charge is -2.11. The number of pyridine rings is 2. The Hall–Kier alpha value is -6.78. The lowest BCUT2D eigenvalue weighted by molar-refractivity contribution is 1.18. The van der Waals surface area contributed by atoms with Crippen LogP contribution >= 0.6 is 0 Å². The van der Waals surface area contributed by atoms with Gasteiger partial charge in [-0.2, -0.15) is 0 Å². The summed E-state index contributed by atoms with van der Waals surface area (Å²) in [6.45, 7) is 4.18. The molecule has 4 nitrogen and oxygen atoms in total. The van der Waals surface area contributed by atoms with Crippen LogP contribution in [0, 0.1) is 13.8 Å². The molecule has 0 unspecified atom stereocenters. The van der Waals surface area contributed by atoms with Crippen molar-refractivity contribution < 1.29 is 0 Å². The molecule has 0 aliphatic rings. The van der Waals surface area contributed by atoms with E-state index in [1.165, 1.54) is 16.7 Å². The van der Waals surface area contributed by atoms with Crippen LogP contribution in [0.3, 0.4) is 0 Å². The normalized spacial score (nSPS) is 11.3. The van der Waals surface area contributed by atoms with Gasteiger partial charge in [-0.25, -0.2) is 15.0 Å². The molecule has 4 heteroatoms. The highest BCUT2D eigenvalue weighted by molar-refractivity contribution is 6.04. The van der Waals surface area contributed by atoms with Crippen molar-refractivity contribution in [2.24, 2.45) is 0 Å². The Kier molecular flexibility index (Phi) is 7.90. The van der Waals surface area contributed by atoms with Gasteiger partial charge in [-0.15, -0.1) is 0 Å². The highest BCUT2D eigenvalue weighted by Crippen LogP contribution is 2.32. The Morgan fingerprint density at radius 3 is 1.38 bits per heavy atom. The number of rotatable bonds is 6. The van der Waals surface area contributed by atoms with Crippen molar-refractivity contribution >= 4 is 21.8 Å². The highest BCUT2D eigenvalue weighted by atomic mass is 14.9. The summed E-state index contributed by atoms with van der Waals surface area (Å²) in [6, 6.07) is 59.2. The van der Waals surface area contributed by atoms with Crippen molar-refractivity contribution in [1.29, 1.82) is 0 Å². The van der Waals surface area contributed by atoms with Crippen molar-refractivity contribution in [2.45, 2.75) is 13.8 Å². The van der Waals surface area contributed by atoms with Crippen molar-refractivity contribution in [1.82, 2.24) is 19.9 Å². The molecule has 3 aromatic heterocycles. The number of nitrogens with zero attached hydrogens (tertiary/aromatic N) is 4. The standard InChI is InChI=1S/C48H34N4/c1-31-29-32(2)49-47-42(31)27-25-40-26-28-43(50-46(40)47)38-19-13-35(14-20-38)36-17-23-41(24-18-36)48-51-44(37-11-7-4-8-12-37)30-45(52-48)39-21-15-34(16-22-39)33-9-5-3-6-10-33/h3-30H,1-2H3. The summed E-state index contributed by atoms with van der Waals surface area (Å²) >= 11 is 0. The number of hydrogen-bond donors (Lipinski definition) is 0. The van der Waals surface area contributed by atoms with Crippen LogP contribution in [0.4, 0.5) is 0 Å². The predicted molar refractivity (Wildman–Crippen MR) is 215 cm³/mol. The summed E-state index contributed by atoms with van der Waals surface area (Å²) in [5.74, 6) is 0.695. The summed E-state index contributed by atoms with van der Waals surface area (Å²) < 4.78 is 0. The molecule has 0 aliphatic heterocycles. The maximum absolute atomic E-state index is 5.10. The minimum absolute atomic E-state index is 0.695. The van der Waals surface area contributed by atoms with Gasteiger partial charge in [0.15, 0.2) is 5.82 Å². The first-order valence-electron chi connectivity index (χ1n) is 17.6. The summed E-state index contributed by atoms with van der Waals surface area (Å²) in [6.07, 6.45) is 0. The Labute approximate surface area is 303 Å². The Morgan fingerprint density at radius 1 is 0.327 bits per heavy atom. The van der Waals surface area contributed by atoms with E-state index in [9.17, 15) is 0 Å². The maximum Gasteiger partial charge on any atom is 0.160 e. The molecule has 3 heterocycles. The molecule has 0 N–H and O–H groups in total. The summed E-state index contributed by atoms with van der Waals surface area (Å²) in [4.78, 5) is 20.1. The van der Waals surface area contributed by atoms with Gasteiger partial charge in [0.25, 0.3) is 0 Å². The van der Waals surface area contributed by atoms with E-state index in [0.29, 0.717) is 5.82 Å². The van der Waals surface area contributed by atoms with E-state index >= 15 is 0 Å². The second kappa shape index (κ2) is 13.2. The van der Waals surface area contributed by atoms with Gasteiger partial charge in [-0.1, -0.05) is 152 Å². The fourth-order valence-corrected chi connectivity index (χ4v) is 6.96. The second-order valence-electron chi connectivity index (χ2n) is 13.2. The molecule has 0 saturated carbocycles. The molecule has 52 heavy (non-hydrogen) atoms. The Morgan fingerprint density at radius 2 is 0.788 bits per heavy atom. The molecule has 0 bridgehead atoms. The Bertz CT molecular complexity index is 2700. The topological polar surface area (TPSA) is 51.6 Å². The third kappa shape index (κ3) is 6.01. The molecule has 0 radical (unpaired) electrons. The molecule has 6 aromatic carbocycles. The monoisotopic (exact) mass is 666 g/mol. The predicted octanol–water partition coefficient (Wildman–Crippen LogP) is 12.2. The van der Waals surface area contributed by atoms with Crippen LogP contribution in [-0.2, 0) is 0 Å². The maximum atomic E-state index is 5.10. The molecular formula is C48H34N4. The van der Waals surface area contributed by atoms with Crippen LogP contribution in [0.2, 0.25) is 0 Å². The first kappa shape index (κ1) is 31.2. The zero-order valence-electron chi connectivity index (χ0n) is 29.0. The van der Waals surface area contributed by atoms with Crippen molar-refractivity contribution in [3.05, 3.63) is 181 Å². The average molecular weight is 667 g/mol. The molecule has 0 fully saturated rings. The van der Waals surface area contributed by atoms with Crippen molar-refractivity contribution in [3.8, 4) is 67.4 Å². The second-order valence-corrected chi connectivity index (χ2v) is 13.2. The van der Waals surface area contributed by atoms with E-state index in [2.05, 4.69) is 153 Å². The Balaban J connectivity index is 1.02. The molecule has 0 amide bonds. The fraction of sp³-hybridized carbons (Fsp3) is 0.0417. The first-order chi connectivity index (χ1) is 25.6. The molecular weight excluding hydrogens is 633 g/mol. The summed E-state index contributed by atoms with van der Waals surface area (Å²) in [7, 11) is 0. The van der Waals surface area contributed by atoms with Crippen LogP contribution in [0.15, 0.2) is 170 Å². The van der Waals surface area contributed by atoms with Gasteiger partial charge in [0, 0.05) is 38.7 Å². The number of hydrogen-bond acceptors (Lipinski definition) is 4. The van der Waals surface area contributed by atoms with E-state index in [4.69, 9.17) is 19.9 Å². The molecule has 0 aliphatic carbocycles. The van der Waals surface area contributed by atoms with Gasteiger partial charge in [-0.05, 0) is 59.9 Å². The molecule has 246 valence electrons.